The Kier molecular flexibility index (Phi) is 5.57. The Hall–Kier alpha value is -1.61. The van der Waals surface area contributed by atoms with Gasteiger partial charge in [-0.1, -0.05) is 44.2 Å². The van der Waals surface area contributed by atoms with Gasteiger partial charge in [-0.15, -0.1) is 0 Å². The lowest BCUT2D eigenvalue weighted by Crippen LogP contribution is -2.19. The molecule has 0 aliphatic carbocycles. The molecule has 0 bridgehead atoms. The maximum Gasteiger partial charge on any atom is 0.0657 e. The summed E-state index contributed by atoms with van der Waals surface area (Å²) < 4.78 is 2.20. The molecule has 0 aliphatic heterocycles. The summed E-state index contributed by atoms with van der Waals surface area (Å²) in [5, 5.41) is 4.83. The molecule has 21 heavy (non-hydrogen) atoms. The highest BCUT2D eigenvalue weighted by atomic mass is 15.3. The topological polar surface area (TPSA) is 43.8 Å². The summed E-state index contributed by atoms with van der Waals surface area (Å²) in [6.07, 6.45) is 3.95. The third-order valence-corrected chi connectivity index (χ3v) is 3.90. The fourth-order valence-electron chi connectivity index (χ4n) is 2.89. The summed E-state index contributed by atoms with van der Waals surface area (Å²) in [6, 6.07) is 10.8. The minimum Gasteiger partial charge on any atom is -0.328 e. The molecule has 2 rings (SSSR count). The van der Waals surface area contributed by atoms with Crippen molar-refractivity contribution in [3.63, 3.8) is 0 Å². The van der Waals surface area contributed by atoms with E-state index in [1.807, 2.05) is 0 Å². The monoisotopic (exact) mass is 285 g/mol. The van der Waals surface area contributed by atoms with E-state index in [1.54, 1.807) is 0 Å². The number of nitrogens with zero attached hydrogens (tertiary/aromatic N) is 2. The van der Waals surface area contributed by atoms with Crippen LogP contribution >= 0.6 is 0 Å². The van der Waals surface area contributed by atoms with Gasteiger partial charge < -0.3 is 5.73 Å². The Morgan fingerprint density at radius 2 is 1.86 bits per heavy atom. The third kappa shape index (κ3) is 3.94. The SMILES string of the molecule is CCc1nn(CCc2ccccc2)c(CC)c1CC(C)N. The molecule has 1 aromatic heterocycles. The van der Waals surface area contributed by atoms with E-state index in [9.17, 15) is 0 Å². The Morgan fingerprint density at radius 1 is 1.14 bits per heavy atom. The van der Waals surface area contributed by atoms with Crippen LogP contribution in [-0.4, -0.2) is 15.8 Å². The summed E-state index contributed by atoms with van der Waals surface area (Å²) in [5.74, 6) is 0. The maximum atomic E-state index is 6.01. The van der Waals surface area contributed by atoms with E-state index in [0.29, 0.717) is 0 Å². The Morgan fingerprint density at radius 3 is 2.43 bits per heavy atom. The summed E-state index contributed by atoms with van der Waals surface area (Å²) in [5.41, 5.74) is 11.3. The van der Waals surface area contributed by atoms with E-state index < -0.39 is 0 Å². The van der Waals surface area contributed by atoms with Gasteiger partial charge in [0.05, 0.1) is 5.69 Å². The smallest absolute Gasteiger partial charge is 0.0657 e. The lowest BCUT2D eigenvalue weighted by Gasteiger charge is -2.10. The molecule has 0 amide bonds. The molecule has 1 atom stereocenters. The van der Waals surface area contributed by atoms with Crippen molar-refractivity contribution in [2.75, 3.05) is 0 Å². The fraction of sp³-hybridized carbons (Fsp3) is 0.500. The highest BCUT2D eigenvalue weighted by molar-refractivity contribution is 5.28. The van der Waals surface area contributed by atoms with Crippen molar-refractivity contribution >= 4 is 0 Å². The quantitative estimate of drug-likeness (QED) is 0.849. The first-order chi connectivity index (χ1) is 10.2. The number of benzene rings is 1. The molecule has 1 heterocycles. The van der Waals surface area contributed by atoms with Gasteiger partial charge in [0.2, 0.25) is 0 Å². The van der Waals surface area contributed by atoms with Crippen LogP contribution in [0.15, 0.2) is 30.3 Å². The molecular formula is C18H27N3. The number of aryl methyl sites for hydroxylation is 3. The van der Waals surface area contributed by atoms with Gasteiger partial charge in [0.25, 0.3) is 0 Å². The number of hydrogen-bond donors (Lipinski definition) is 1. The Labute approximate surface area is 128 Å². The van der Waals surface area contributed by atoms with Crippen molar-refractivity contribution < 1.29 is 0 Å². The fourth-order valence-corrected chi connectivity index (χ4v) is 2.89. The molecule has 3 heteroatoms. The molecule has 0 saturated carbocycles. The minimum absolute atomic E-state index is 0.187. The second-order valence-corrected chi connectivity index (χ2v) is 5.72. The van der Waals surface area contributed by atoms with Crippen molar-refractivity contribution in [3.8, 4) is 0 Å². The number of aromatic nitrogens is 2. The van der Waals surface area contributed by atoms with Crippen molar-refractivity contribution in [1.82, 2.24) is 9.78 Å². The van der Waals surface area contributed by atoms with E-state index in [2.05, 4.69) is 55.8 Å². The molecule has 114 valence electrons. The number of rotatable bonds is 7. The highest BCUT2D eigenvalue weighted by Gasteiger charge is 2.16. The lowest BCUT2D eigenvalue weighted by atomic mass is 10.0. The molecular weight excluding hydrogens is 258 g/mol. The normalized spacial score (nSPS) is 12.6. The van der Waals surface area contributed by atoms with Gasteiger partial charge in [-0.25, -0.2) is 0 Å². The Bertz CT molecular complexity index is 555. The summed E-state index contributed by atoms with van der Waals surface area (Å²) in [7, 11) is 0. The molecule has 0 saturated heterocycles. The first kappa shape index (κ1) is 15.8. The van der Waals surface area contributed by atoms with Crippen LogP contribution in [0.4, 0.5) is 0 Å². The second-order valence-electron chi connectivity index (χ2n) is 5.72. The minimum atomic E-state index is 0.187. The molecule has 1 aromatic carbocycles. The average Bonchev–Trinajstić information content (AvgIpc) is 2.82. The van der Waals surface area contributed by atoms with Gasteiger partial charge in [0.15, 0.2) is 0 Å². The van der Waals surface area contributed by atoms with Crippen LogP contribution in [-0.2, 0) is 32.2 Å². The van der Waals surface area contributed by atoms with Crippen LogP contribution in [0.1, 0.15) is 43.3 Å². The van der Waals surface area contributed by atoms with Gasteiger partial charge in [-0.3, -0.25) is 4.68 Å². The molecule has 0 spiro atoms. The lowest BCUT2D eigenvalue weighted by molar-refractivity contribution is 0.579. The summed E-state index contributed by atoms with van der Waals surface area (Å²) >= 11 is 0. The molecule has 0 fully saturated rings. The first-order valence-corrected chi connectivity index (χ1v) is 8.02. The van der Waals surface area contributed by atoms with E-state index >= 15 is 0 Å². The van der Waals surface area contributed by atoms with Crippen LogP contribution in [0.5, 0.6) is 0 Å². The third-order valence-electron chi connectivity index (χ3n) is 3.90. The highest BCUT2D eigenvalue weighted by Crippen LogP contribution is 2.18. The van der Waals surface area contributed by atoms with Crippen molar-refractivity contribution in [2.24, 2.45) is 5.73 Å². The standard InChI is InChI=1S/C18H27N3/c1-4-17-16(13-14(3)19)18(5-2)21(20-17)12-11-15-9-7-6-8-10-15/h6-10,14H,4-5,11-13,19H2,1-3H3. The largest absolute Gasteiger partial charge is 0.328 e. The zero-order valence-corrected chi connectivity index (χ0v) is 13.5. The average molecular weight is 285 g/mol. The van der Waals surface area contributed by atoms with Gasteiger partial charge in [-0.05, 0) is 43.7 Å². The van der Waals surface area contributed by atoms with E-state index in [4.69, 9.17) is 10.8 Å². The second kappa shape index (κ2) is 7.41. The van der Waals surface area contributed by atoms with E-state index in [-0.39, 0.29) is 6.04 Å². The summed E-state index contributed by atoms with van der Waals surface area (Å²) in [6.45, 7) is 7.40. The first-order valence-electron chi connectivity index (χ1n) is 8.02. The molecule has 0 aliphatic rings. The zero-order valence-electron chi connectivity index (χ0n) is 13.5. The van der Waals surface area contributed by atoms with Crippen LogP contribution in [0.3, 0.4) is 0 Å². The van der Waals surface area contributed by atoms with Crippen LogP contribution in [0.2, 0.25) is 0 Å². The van der Waals surface area contributed by atoms with Crippen LogP contribution in [0.25, 0.3) is 0 Å². The van der Waals surface area contributed by atoms with Gasteiger partial charge in [0, 0.05) is 18.3 Å². The predicted octanol–water partition coefficient (Wildman–Crippen LogP) is 3.14. The van der Waals surface area contributed by atoms with E-state index in [1.165, 1.54) is 22.5 Å². The molecule has 2 aromatic rings. The van der Waals surface area contributed by atoms with E-state index in [0.717, 1.165) is 32.2 Å². The molecule has 1 unspecified atom stereocenters. The maximum absolute atomic E-state index is 6.01. The van der Waals surface area contributed by atoms with Gasteiger partial charge in [0.1, 0.15) is 0 Å². The Balaban J connectivity index is 2.20. The van der Waals surface area contributed by atoms with Crippen molar-refractivity contribution in [2.45, 2.75) is 59.0 Å². The number of nitrogens with two attached hydrogens (primary N) is 1. The van der Waals surface area contributed by atoms with Crippen LogP contribution < -0.4 is 5.73 Å². The van der Waals surface area contributed by atoms with Crippen molar-refractivity contribution in [1.29, 1.82) is 0 Å². The zero-order chi connectivity index (χ0) is 15.2. The summed E-state index contributed by atoms with van der Waals surface area (Å²) in [4.78, 5) is 0. The molecule has 2 N–H and O–H groups in total. The van der Waals surface area contributed by atoms with Crippen molar-refractivity contribution in [3.05, 3.63) is 52.8 Å². The van der Waals surface area contributed by atoms with Gasteiger partial charge >= 0.3 is 0 Å². The van der Waals surface area contributed by atoms with Crippen LogP contribution in [0, 0.1) is 0 Å². The number of hydrogen-bond acceptors (Lipinski definition) is 2. The predicted molar refractivity (Wildman–Crippen MR) is 88.5 cm³/mol. The van der Waals surface area contributed by atoms with Gasteiger partial charge in [-0.2, -0.15) is 5.10 Å². The molecule has 3 nitrogen and oxygen atoms in total. The molecule has 0 radical (unpaired) electrons.